The standard InChI is InChI=1S/C5H8O4/c1-2-4(7)5(8)9-3-6/h6H,2-3H2,1H3. The van der Waals surface area contributed by atoms with Gasteiger partial charge in [-0.15, -0.1) is 0 Å². The molecule has 0 aliphatic carbocycles. The summed E-state index contributed by atoms with van der Waals surface area (Å²) in [4.78, 5) is 20.6. The highest BCUT2D eigenvalue weighted by atomic mass is 16.6. The molecule has 0 amide bonds. The molecule has 1 N–H and O–H groups in total. The minimum atomic E-state index is -0.972. The van der Waals surface area contributed by atoms with Gasteiger partial charge in [-0.3, -0.25) is 4.79 Å². The number of carbonyl (C=O) groups excluding carboxylic acids is 2. The Bertz CT molecular complexity index is 118. The van der Waals surface area contributed by atoms with Crippen molar-refractivity contribution in [1.82, 2.24) is 0 Å². The first-order valence-corrected chi connectivity index (χ1v) is 2.53. The van der Waals surface area contributed by atoms with Gasteiger partial charge in [-0.25, -0.2) is 4.79 Å². The summed E-state index contributed by atoms with van der Waals surface area (Å²) in [6.07, 6.45) is 0.110. The van der Waals surface area contributed by atoms with Crippen LogP contribution in [0, 0.1) is 0 Å². The van der Waals surface area contributed by atoms with Crippen LogP contribution in [0.5, 0.6) is 0 Å². The SMILES string of the molecule is CCC(=O)C(=O)OCO. The fraction of sp³-hybridized carbons (Fsp3) is 0.600. The van der Waals surface area contributed by atoms with E-state index in [-0.39, 0.29) is 6.42 Å². The van der Waals surface area contributed by atoms with Crippen molar-refractivity contribution < 1.29 is 19.4 Å². The average molecular weight is 132 g/mol. The van der Waals surface area contributed by atoms with Crippen LogP contribution in [0.1, 0.15) is 13.3 Å². The number of aliphatic hydroxyl groups excluding tert-OH is 1. The van der Waals surface area contributed by atoms with Crippen molar-refractivity contribution in [2.75, 3.05) is 6.79 Å². The van der Waals surface area contributed by atoms with Crippen LogP contribution in [0.4, 0.5) is 0 Å². The number of hydrogen-bond acceptors (Lipinski definition) is 4. The van der Waals surface area contributed by atoms with E-state index < -0.39 is 18.5 Å². The van der Waals surface area contributed by atoms with E-state index in [0.717, 1.165) is 0 Å². The van der Waals surface area contributed by atoms with Gasteiger partial charge < -0.3 is 9.84 Å². The van der Waals surface area contributed by atoms with E-state index in [1.165, 1.54) is 0 Å². The molecule has 4 heteroatoms. The van der Waals surface area contributed by atoms with Crippen LogP contribution in [0.15, 0.2) is 0 Å². The van der Waals surface area contributed by atoms with E-state index in [1.54, 1.807) is 6.92 Å². The molecule has 0 aliphatic heterocycles. The number of carbonyl (C=O) groups is 2. The van der Waals surface area contributed by atoms with Gasteiger partial charge in [-0.05, 0) is 0 Å². The summed E-state index contributed by atoms with van der Waals surface area (Å²) in [5, 5.41) is 7.99. The molecule has 0 saturated carbocycles. The highest BCUT2D eigenvalue weighted by Gasteiger charge is 2.10. The molecule has 0 aromatic rings. The molecule has 0 saturated heterocycles. The molecule has 52 valence electrons. The Labute approximate surface area is 52.4 Å². The van der Waals surface area contributed by atoms with Gasteiger partial charge in [0.2, 0.25) is 5.78 Å². The molecule has 0 unspecified atom stereocenters. The zero-order valence-electron chi connectivity index (χ0n) is 5.09. The fourth-order valence-electron chi connectivity index (χ4n) is 0.283. The quantitative estimate of drug-likeness (QED) is 0.318. The highest BCUT2D eigenvalue weighted by Crippen LogP contribution is 1.83. The largest absolute Gasteiger partial charge is 0.433 e. The van der Waals surface area contributed by atoms with Crippen molar-refractivity contribution in [1.29, 1.82) is 0 Å². The van der Waals surface area contributed by atoms with E-state index in [1.807, 2.05) is 0 Å². The normalized spacial score (nSPS) is 8.67. The van der Waals surface area contributed by atoms with Crippen LogP contribution in [0.3, 0.4) is 0 Å². The minimum absolute atomic E-state index is 0.110. The molecule has 0 fully saturated rings. The Hall–Kier alpha value is -0.900. The zero-order chi connectivity index (χ0) is 7.28. The van der Waals surface area contributed by atoms with Crippen LogP contribution < -0.4 is 0 Å². The lowest BCUT2D eigenvalue weighted by Gasteiger charge is -1.94. The predicted molar refractivity (Wildman–Crippen MR) is 28.5 cm³/mol. The summed E-state index contributed by atoms with van der Waals surface area (Å²) >= 11 is 0. The lowest BCUT2D eigenvalue weighted by atomic mass is 10.3. The second kappa shape index (κ2) is 4.03. The Morgan fingerprint density at radius 1 is 1.56 bits per heavy atom. The number of ether oxygens (including phenoxy) is 1. The fourth-order valence-corrected chi connectivity index (χ4v) is 0.283. The lowest BCUT2D eigenvalue weighted by Crippen LogP contribution is -2.16. The monoisotopic (exact) mass is 132 g/mol. The molecule has 0 aliphatic rings. The Kier molecular flexibility index (Phi) is 3.62. The first-order valence-electron chi connectivity index (χ1n) is 2.53. The predicted octanol–water partition coefficient (Wildman–Crippen LogP) is -0.542. The van der Waals surface area contributed by atoms with Gasteiger partial charge in [0.25, 0.3) is 0 Å². The lowest BCUT2D eigenvalue weighted by molar-refractivity contribution is -0.159. The minimum Gasteiger partial charge on any atom is -0.433 e. The van der Waals surface area contributed by atoms with Crippen molar-refractivity contribution >= 4 is 11.8 Å². The Morgan fingerprint density at radius 2 is 2.11 bits per heavy atom. The molecule has 0 bridgehead atoms. The van der Waals surface area contributed by atoms with Crippen molar-refractivity contribution in [2.24, 2.45) is 0 Å². The summed E-state index contributed by atoms with van der Waals surface area (Å²) in [6, 6.07) is 0. The van der Waals surface area contributed by atoms with Gasteiger partial charge in [0.1, 0.15) is 0 Å². The van der Waals surface area contributed by atoms with Gasteiger partial charge in [0.05, 0.1) is 0 Å². The van der Waals surface area contributed by atoms with E-state index in [2.05, 4.69) is 4.74 Å². The number of esters is 1. The third-order valence-corrected chi connectivity index (χ3v) is 0.744. The molecule has 9 heavy (non-hydrogen) atoms. The average Bonchev–Trinajstić information content (AvgIpc) is 1.87. The first kappa shape index (κ1) is 8.10. The van der Waals surface area contributed by atoms with Crippen LogP contribution >= 0.6 is 0 Å². The smallest absolute Gasteiger partial charge is 0.376 e. The number of hydrogen-bond donors (Lipinski definition) is 1. The molecular formula is C5H8O4. The van der Waals surface area contributed by atoms with Gasteiger partial charge in [-0.2, -0.15) is 0 Å². The summed E-state index contributed by atoms with van der Waals surface area (Å²) in [7, 11) is 0. The highest BCUT2D eigenvalue weighted by molar-refractivity contribution is 6.33. The third kappa shape index (κ3) is 2.81. The molecular weight excluding hydrogens is 124 g/mol. The Balaban J connectivity index is 3.60. The van der Waals surface area contributed by atoms with Crippen LogP contribution in [0.25, 0.3) is 0 Å². The summed E-state index contributed by atoms with van der Waals surface area (Å²) in [5.74, 6) is -1.59. The maximum absolute atomic E-state index is 10.3. The molecule has 4 nitrogen and oxygen atoms in total. The van der Waals surface area contributed by atoms with E-state index in [9.17, 15) is 9.59 Å². The van der Waals surface area contributed by atoms with Gasteiger partial charge in [-0.1, -0.05) is 6.92 Å². The zero-order valence-corrected chi connectivity index (χ0v) is 5.09. The molecule has 0 spiro atoms. The second-order valence-electron chi connectivity index (χ2n) is 1.34. The number of Topliss-reactive ketones (excluding diaryl/α,β-unsaturated/α-hetero) is 1. The molecule has 0 heterocycles. The molecule has 0 atom stereocenters. The van der Waals surface area contributed by atoms with E-state index in [0.29, 0.717) is 0 Å². The van der Waals surface area contributed by atoms with Crippen molar-refractivity contribution in [3.05, 3.63) is 0 Å². The van der Waals surface area contributed by atoms with Crippen LogP contribution in [-0.2, 0) is 14.3 Å². The van der Waals surface area contributed by atoms with Crippen LogP contribution in [0.2, 0.25) is 0 Å². The maximum Gasteiger partial charge on any atom is 0.376 e. The van der Waals surface area contributed by atoms with Crippen molar-refractivity contribution in [2.45, 2.75) is 13.3 Å². The summed E-state index contributed by atoms with van der Waals surface area (Å²) < 4.78 is 3.96. The van der Waals surface area contributed by atoms with Crippen molar-refractivity contribution in [3.8, 4) is 0 Å². The number of aliphatic hydroxyl groups is 1. The number of rotatable bonds is 3. The second-order valence-corrected chi connectivity index (χ2v) is 1.34. The van der Waals surface area contributed by atoms with E-state index >= 15 is 0 Å². The van der Waals surface area contributed by atoms with Gasteiger partial charge in [0, 0.05) is 6.42 Å². The molecule has 0 aromatic heterocycles. The summed E-state index contributed by atoms with van der Waals surface area (Å²) in [5.41, 5.74) is 0. The topological polar surface area (TPSA) is 63.6 Å². The van der Waals surface area contributed by atoms with Gasteiger partial charge >= 0.3 is 5.97 Å². The summed E-state index contributed by atoms with van der Waals surface area (Å²) in [6.45, 7) is 0.811. The van der Waals surface area contributed by atoms with Crippen LogP contribution in [-0.4, -0.2) is 23.7 Å². The van der Waals surface area contributed by atoms with E-state index in [4.69, 9.17) is 5.11 Å². The number of ketones is 1. The maximum atomic E-state index is 10.3. The van der Waals surface area contributed by atoms with Crippen molar-refractivity contribution in [3.63, 3.8) is 0 Å². The first-order chi connectivity index (χ1) is 4.22. The molecule has 0 aromatic carbocycles. The molecule has 0 radical (unpaired) electrons. The molecule has 0 rings (SSSR count). The Morgan fingerprint density at radius 3 is 2.44 bits per heavy atom. The third-order valence-electron chi connectivity index (χ3n) is 0.744. The van der Waals surface area contributed by atoms with Gasteiger partial charge in [0.15, 0.2) is 6.79 Å².